The number of furan rings is 1. The summed E-state index contributed by atoms with van der Waals surface area (Å²) in [5, 5.41) is 6.20. The maximum Gasteiger partial charge on any atom is 0.246 e. The summed E-state index contributed by atoms with van der Waals surface area (Å²) in [6.07, 6.45) is 0. The fourth-order valence-electron chi connectivity index (χ4n) is 2.42. The molecule has 1 aliphatic rings. The standard InChI is InChI=1S/C15H15BrN2O2/c1-8-3-6-13(20-8)9(2)17-14-11-7-10(16)4-5-12(11)18-15(14)19/h3-7,9,14,17H,1-2H3,(H,18,19). The summed E-state index contributed by atoms with van der Waals surface area (Å²) in [4.78, 5) is 12.1. The van der Waals surface area contributed by atoms with Crippen molar-refractivity contribution in [3.05, 3.63) is 51.9 Å². The molecule has 104 valence electrons. The number of rotatable bonds is 3. The van der Waals surface area contributed by atoms with Crippen molar-refractivity contribution in [1.82, 2.24) is 5.32 Å². The number of hydrogen-bond donors (Lipinski definition) is 2. The van der Waals surface area contributed by atoms with E-state index in [9.17, 15) is 4.79 Å². The normalized spacial score (nSPS) is 18.8. The Morgan fingerprint density at radius 1 is 1.35 bits per heavy atom. The molecule has 0 saturated heterocycles. The first kappa shape index (κ1) is 13.4. The highest BCUT2D eigenvalue weighted by Gasteiger charge is 2.32. The van der Waals surface area contributed by atoms with Crippen molar-refractivity contribution in [2.75, 3.05) is 5.32 Å². The molecule has 0 bridgehead atoms. The fourth-order valence-corrected chi connectivity index (χ4v) is 2.79. The van der Waals surface area contributed by atoms with Gasteiger partial charge >= 0.3 is 0 Å². The minimum absolute atomic E-state index is 0.0340. The molecule has 1 aliphatic heterocycles. The van der Waals surface area contributed by atoms with Crippen molar-refractivity contribution in [2.24, 2.45) is 0 Å². The third kappa shape index (κ3) is 2.39. The van der Waals surface area contributed by atoms with E-state index < -0.39 is 0 Å². The van der Waals surface area contributed by atoms with Gasteiger partial charge < -0.3 is 9.73 Å². The molecule has 2 N–H and O–H groups in total. The monoisotopic (exact) mass is 334 g/mol. The summed E-state index contributed by atoms with van der Waals surface area (Å²) < 4.78 is 6.56. The Hall–Kier alpha value is -1.59. The number of nitrogens with one attached hydrogen (secondary N) is 2. The van der Waals surface area contributed by atoms with Gasteiger partial charge in [0.2, 0.25) is 5.91 Å². The Morgan fingerprint density at radius 2 is 2.15 bits per heavy atom. The second-order valence-corrected chi connectivity index (χ2v) is 5.91. The first-order valence-corrected chi connectivity index (χ1v) is 7.26. The van der Waals surface area contributed by atoms with E-state index in [0.717, 1.165) is 27.2 Å². The molecule has 2 atom stereocenters. The van der Waals surface area contributed by atoms with E-state index in [0.29, 0.717) is 0 Å². The summed E-state index contributed by atoms with van der Waals surface area (Å²) in [5.41, 5.74) is 1.82. The number of anilines is 1. The molecule has 0 spiro atoms. The van der Waals surface area contributed by atoms with Gasteiger partial charge in [-0.05, 0) is 44.2 Å². The number of carbonyl (C=O) groups excluding carboxylic acids is 1. The first-order chi connectivity index (χ1) is 9.54. The maximum atomic E-state index is 12.1. The summed E-state index contributed by atoms with van der Waals surface area (Å²) >= 11 is 3.44. The van der Waals surface area contributed by atoms with Gasteiger partial charge in [0.1, 0.15) is 17.6 Å². The average Bonchev–Trinajstić information content (AvgIpc) is 2.95. The molecule has 2 aromatic rings. The molecule has 0 saturated carbocycles. The van der Waals surface area contributed by atoms with Crippen LogP contribution < -0.4 is 10.6 Å². The third-order valence-corrected chi connectivity index (χ3v) is 3.94. The highest BCUT2D eigenvalue weighted by molar-refractivity contribution is 9.10. The number of aryl methyl sites for hydroxylation is 1. The molecule has 3 rings (SSSR count). The Morgan fingerprint density at radius 3 is 2.85 bits per heavy atom. The number of benzene rings is 1. The molecule has 1 amide bonds. The van der Waals surface area contributed by atoms with Gasteiger partial charge in [0.25, 0.3) is 0 Å². The number of amides is 1. The number of hydrogen-bond acceptors (Lipinski definition) is 3. The lowest BCUT2D eigenvalue weighted by Gasteiger charge is -2.16. The van der Waals surface area contributed by atoms with Gasteiger partial charge in [0, 0.05) is 15.7 Å². The lowest BCUT2D eigenvalue weighted by atomic mass is 10.1. The smallest absolute Gasteiger partial charge is 0.246 e. The van der Waals surface area contributed by atoms with Gasteiger partial charge in [-0.1, -0.05) is 15.9 Å². The van der Waals surface area contributed by atoms with Gasteiger partial charge in [-0.3, -0.25) is 10.1 Å². The molecule has 0 aliphatic carbocycles. The lowest BCUT2D eigenvalue weighted by molar-refractivity contribution is -0.117. The summed E-state index contributed by atoms with van der Waals surface area (Å²) in [6.45, 7) is 3.90. The van der Waals surface area contributed by atoms with E-state index in [-0.39, 0.29) is 18.0 Å². The number of halogens is 1. The van der Waals surface area contributed by atoms with Crippen molar-refractivity contribution >= 4 is 27.5 Å². The van der Waals surface area contributed by atoms with Crippen LogP contribution in [0.25, 0.3) is 0 Å². The van der Waals surface area contributed by atoms with Gasteiger partial charge in [0.15, 0.2) is 0 Å². The summed E-state index contributed by atoms with van der Waals surface area (Å²) in [6, 6.07) is 9.24. The molecular formula is C15H15BrN2O2. The van der Waals surface area contributed by atoms with E-state index >= 15 is 0 Å². The van der Waals surface area contributed by atoms with E-state index in [1.54, 1.807) is 0 Å². The van der Waals surface area contributed by atoms with Gasteiger partial charge in [-0.25, -0.2) is 0 Å². The van der Waals surface area contributed by atoms with E-state index in [2.05, 4.69) is 26.6 Å². The van der Waals surface area contributed by atoms with Gasteiger partial charge in [-0.2, -0.15) is 0 Å². The average molecular weight is 335 g/mol. The second kappa shape index (κ2) is 5.07. The molecule has 2 unspecified atom stereocenters. The van der Waals surface area contributed by atoms with Crippen molar-refractivity contribution in [3.8, 4) is 0 Å². The van der Waals surface area contributed by atoms with Gasteiger partial charge in [0.05, 0.1) is 6.04 Å². The molecular weight excluding hydrogens is 320 g/mol. The van der Waals surface area contributed by atoms with Gasteiger partial charge in [-0.15, -0.1) is 0 Å². The predicted molar refractivity (Wildman–Crippen MR) is 80.5 cm³/mol. The van der Waals surface area contributed by atoms with E-state index in [1.807, 2.05) is 44.2 Å². The Labute approximate surface area is 125 Å². The van der Waals surface area contributed by atoms with Crippen LogP contribution in [0.3, 0.4) is 0 Å². The van der Waals surface area contributed by atoms with Crippen LogP contribution in [0, 0.1) is 6.92 Å². The second-order valence-electron chi connectivity index (χ2n) is 4.99. The zero-order chi connectivity index (χ0) is 14.3. The SMILES string of the molecule is Cc1ccc(C(C)NC2C(=O)Nc3ccc(Br)cc32)o1. The predicted octanol–water partition coefficient (Wildman–Crippen LogP) is 3.69. The molecule has 0 fully saturated rings. The Kier molecular flexibility index (Phi) is 3.40. The molecule has 2 heterocycles. The quantitative estimate of drug-likeness (QED) is 0.899. The highest BCUT2D eigenvalue weighted by Crippen LogP contribution is 2.34. The van der Waals surface area contributed by atoms with Crippen molar-refractivity contribution in [2.45, 2.75) is 25.9 Å². The van der Waals surface area contributed by atoms with Crippen LogP contribution in [0.4, 0.5) is 5.69 Å². The van der Waals surface area contributed by atoms with Crippen LogP contribution in [0.5, 0.6) is 0 Å². The topological polar surface area (TPSA) is 54.3 Å². The van der Waals surface area contributed by atoms with Crippen LogP contribution in [0.1, 0.15) is 36.1 Å². The molecule has 5 heteroatoms. The van der Waals surface area contributed by atoms with E-state index in [1.165, 1.54) is 0 Å². The largest absolute Gasteiger partial charge is 0.465 e. The van der Waals surface area contributed by atoms with Crippen LogP contribution >= 0.6 is 15.9 Å². The van der Waals surface area contributed by atoms with Crippen LogP contribution in [0.2, 0.25) is 0 Å². The summed E-state index contributed by atoms with van der Waals surface area (Å²) in [5.74, 6) is 1.67. The van der Waals surface area contributed by atoms with Crippen LogP contribution in [-0.4, -0.2) is 5.91 Å². The zero-order valence-corrected chi connectivity index (χ0v) is 12.8. The molecule has 20 heavy (non-hydrogen) atoms. The molecule has 1 aromatic carbocycles. The zero-order valence-electron chi connectivity index (χ0n) is 11.2. The van der Waals surface area contributed by atoms with Crippen molar-refractivity contribution in [1.29, 1.82) is 0 Å². The first-order valence-electron chi connectivity index (χ1n) is 6.47. The lowest BCUT2D eigenvalue weighted by Crippen LogP contribution is -2.29. The van der Waals surface area contributed by atoms with Crippen molar-refractivity contribution in [3.63, 3.8) is 0 Å². The minimum Gasteiger partial charge on any atom is -0.465 e. The number of fused-ring (bicyclic) bond motifs is 1. The minimum atomic E-state index is -0.358. The van der Waals surface area contributed by atoms with Crippen LogP contribution in [0.15, 0.2) is 39.2 Å². The molecule has 4 nitrogen and oxygen atoms in total. The fraction of sp³-hybridized carbons (Fsp3) is 0.267. The maximum absolute atomic E-state index is 12.1. The Balaban J connectivity index is 1.85. The van der Waals surface area contributed by atoms with Crippen LogP contribution in [-0.2, 0) is 4.79 Å². The Bertz CT molecular complexity index is 666. The molecule has 1 aromatic heterocycles. The van der Waals surface area contributed by atoms with E-state index in [4.69, 9.17) is 4.42 Å². The number of carbonyl (C=O) groups is 1. The molecule has 0 radical (unpaired) electrons. The summed E-state index contributed by atoms with van der Waals surface area (Å²) in [7, 11) is 0. The third-order valence-electron chi connectivity index (χ3n) is 3.45. The highest BCUT2D eigenvalue weighted by atomic mass is 79.9. The van der Waals surface area contributed by atoms with Crippen molar-refractivity contribution < 1.29 is 9.21 Å².